The van der Waals surface area contributed by atoms with E-state index in [2.05, 4.69) is 54.8 Å². The third-order valence-electron chi connectivity index (χ3n) is 8.61. The summed E-state index contributed by atoms with van der Waals surface area (Å²) < 4.78 is 32.6. The molecule has 0 aromatic heterocycles. The molecule has 0 amide bonds. The zero-order chi connectivity index (χ0) is 39.3. The number of ether oxygens (including phenoxy) is 2. The van der Waals surface area contributed by atoms with Gasteiger partial charge in [0.2, 0.25) is 0 Å². The highest BCUT2D eigenvalue weighted by molar-refractivity contribution is 7.47. The number of hydrogen-bond acceptors (Lipinski definition) is 9. The van der Waals surface area contributed by atoms with Crippen LogP contribution in [0, 0.1) is 0 Å². The number of allylic oxidation sites excluding steroid dienone is 6. The second-order valence-electron chi connectivity index (χ2n) is 13.8. The lowest BCUT2D eigenvalue weighted by Crippen LogP contribution is -2.34. The van der Waals surface area contributed by atoms with Gasteiger partial charge in [-0.1, -0.05) is 134 Å². The molecule has 0 bridgehead atoms. The number of carbonyl (C=O) groups excluding carboxylic acids is 2. The van der Waals surface area contributed by atoms with E-state index in [9.17, 15) is 23.8 Å². The van der Waals surface area contributed by atoms with Gasteiger partial charge in [-0.05, 0) is 64.2 Å². The van der Waals surface area contributed by atoms with E-state index in [1.54, 1.807) is 0 Å². The molecule has 4 N–H and O–H groups in total. The molecule has 0 heterocycles. The number of rotatable bonds is 38. The van der Waals surface area contributed by atoms with Crippen molar-refractivity contribution in [1.29, 1.82) is 0 Å². The van der Waals surface area contributed by atoms with Crippen LogP contribution in [-0.2, 0) is 37.5 Å². The number of esters is 2. The molecule has 308 valence electrons. The van der Waals surface area contributed by atoms with E-state index in [0.29, 0.717) is 12.8 Å². The monoisotopic (exact) mass is 772 g/mol. The number of carbonyl (C=O) groups is 3. The molecule has 0 aromatic carbocycles. The second kappa shape index (κ2) is 36.7. The van der Waals surface area contributed by atoms with Gasteiger partial charge in [0.1, 0.15) is 12.6 Å². The Labute approximate surface area is 321 Å². The SMILES string of the molecule is CCCC/C=C/C/C=C/CCCCCCCC(=O)O[C@H](COC(=O)CCCCCCCCC/C=C/CCCCCC)COP(=O)(O)OC[C@H](N)C(=O)O. The molecule has 0 aliphatic heterocycles. The van der Waals surface area contributed by atoms with E-state index in [1.807, 2.05) is 0 Å². The quantitative estimate of drug-likeness (QED) is 0.0236. The Morgan fingerprint density at radius 3 is 1.55 bits per heavy atom. The maximum Gasteiger partial charge on any atom is 0.472 e. The van der Waals surface area contributed by atoms with Crippen molar-refractivity contribution in [2.75, 3.05) is 19.8 Å². The first kappa shape index (κ1) is 50.7. The van der Waals surface area contributed by atoms with Crippen molar-refractivity contribution >= 4 is 25.7 Å². The van der Waals surface area contributed by atoms with Gasteiger partial charge in [0.15, 0.2) is 6.10 Å². The lowest BCUT2D eigenvalue weighted by atomic mass is 10.1. The molecule has 3 atom stereocenters. The summed E-state index contributed by atoms with van der Waals surface area (Å²) in [7, 11) is -4.72. The fourth-order valence-corrected chi connectivity index (χ4v) is 6.09. The van der Waals surface area contributed by atoms with Gasteiger partial charge in [-0.2, -0.15) is 0 Å². The lowest BCUT2D eigenvalue weighted by Gasteiger charge is -2.20. The van der Waals surface area contributed by atoms with Crippen LogP contribution >= 0.6 is 7.82 Å². The Kier molecular flexibility index (Phi) is 35.1. The second-order valence-corrected chi connectivity index (χ2v) is 15.2. The summed E-state index contributed by atoms with van der Waals surface area (Å²) in [6.07, 6.45) is 37.8. The highest BCUT2D eigenvalue weighted by atomic mass is 31.2. The van der Waals surface area contributed by atoms with Crippen LogP contribution in [0.1, 0.15) is 174 Å². The minimum Gasteiger partial charge on any atom is -0.480 e. The van der Waals surface area contributed by atoms with Crippen molar-refractivity contribution in [3.8, 4) is 0 Å². The van der Waals surface area contributed by atoms with Gasteiger partial charge in [0, 0.05) is 12.8 Å². The van der Waals surface area contributed by atoms with Gasteiger partial charge in [-0.15, -0.1) is 0 Å². The summed E-state index contributed by atoms with van der Waals surface area (Å²) >= 11 is 0. The molecule has 0 saturated carbocycles. The summed E-state index contributed by atoms with van der Waals surface area (Å²) in [4.78, 5) is 45.8. The van der Waals surface area contributed by atoms with Crippen LogP contribution in [0.2, 0.25) is 0 Å². The molecule has 11 nitrogen and oxygen atoms in total. The number of hydrogen-bond donors (Lipinski definition) is 3. The highest BCUT2D eigenvalue weighted by Gasteiger charge is 2.28. The fraction of sp³-hybridized carbons (Fsp3) is 0.780. The summed E-state index contributed by atoms with van der Waals surface area (Å²) in [5.41, 5.74) is 5.32. The number of aliphatic carboxylic acids is 1. The van der Waals surface area contributed by atoms with Gasteiger partial charge in [-0.25, -0.2) is 4.57 Å². The smallest absolute Gasteiger partial charge is 0.472 e. The Morgan fingerprint density at radius 2 is 1.02 bits per heavy atom. The average molecular weight is 772 g/mol. The van der Waals surface area contributed by atoms with Crippen LogP contribution in [0.5, 0.6) is 0 Å². The number of carboxylic acid groups (broad SMARTS) is 1. The molecular formula is C41H74NO10P. The number of carboxylic acids is 1. The minimum absolute atomic E-state index is 0.144. The normalized spacial score (nSPS) is 14.2. The topological polar surface area (TPSA) is 172 Å². The van der Waals surface area contributed by atoms with E-state index >= 15 is 0 Å². The standard InChI is InChI=1S/C41H74NO10P/c1-3-5-7-9-11-13-15-17-19-21-22-24-26-28-30-32-39(43)49-34-37(35-50-53(47,48)51-36-38(42)41(45)46)52-40(44)33-31-29-27-25-23-20-18-16-14-12-10-8-6-4-2/h10,12-13,15-16,18,37-38H,3-9,11,14,17,19-36,42H2,1-2H3,(H,45,46)(H,47,48)/b12-10+,15-13+,18-16+/t37-,38+/m1/s1. The lowest BCUT2D eigenvalue weighted by molar-refractivity contribution is -0.161. The zero-order valence-electron chi connectivity index (χ0n) is 33.1. The summed E-state index contributed by atoms with van der Waals surface area (Å²) in [5.74, 6) is -2.40. The van der Waals surface area contributed by atoms with Crippen LogP contribution in [0.25, 0.3) is 0 Å². The van der Waals surface area contributed by atoms with Crippen molar-refractivity contribution in [3.63, 3.8) is 0 Å². The fourth-order valence-electron chi connectivity index (χ4n) is 5.31. The molecule has 0 aliphatic rings. The number of nitrogens with two attached hydrogens (primary N) is 1. The van der Waals surface area contributed by atoms with Crippen molar-refractivity contribution < 1.29 is 47.5 Å². The maximum atomic E-state index is 12.6. The van der Waals surface area contributed by atoms with E-state index in [4.69, 9.17) is 24.8 Å². The highest BCUT2D eigenvalue weighted by Crippen LogP contribution is 2.43. The molecule has 0 rings (SSSR count). The first-order valence-electron chi connectivity index (χ1n) is 20.5. The van der Waals surface area contributed by atoms with E-state index in [0.717, 1.165) is 70.6 Å². The predicted octanol–water partition coefficient (Wildman–Crippen LogP) is 10.4. The number of unbranched alkanes of at least 4 members (excludes halogenated alkanes) is 18. The van der Waals surface area contributed by atoms with Gasteiger partial charge in [-0.3, -0.25) is 23.4 Å². The summed E-state index contributed by atoms with van der Waals surface area (Å²) in [6.45, 7) is 2.72. The molecule has 1 unspecified atom stereocenters. The molecule has 12 heteroatoms. The van der Waals surface area contributed by atoms with Crippen LogP contribution < -0.4 is 5.73 Å². The molecule has 0 radical (unpaired) electrons. The van der Waals surface area contributed by atoms with Crippen molar-refractivity contribution in [2.24, 2.45) is 5.73 Å². The van der Waals surface area contributed by atoms with Crippen LogP contribution in [0.15, 0.2) is 36.5 Å². The van der Waals surface area contributed by atoms with Crippen molar-refractivity contribution in [3.05, 3.63) is 36.5 Å². The minimum atomic E-state index is -4.72. The molecule has 0 fully saturated rings. The first-order chi connectivity index (χ1) is 25.6. The first-order valence-corrected chi connectivity index (χ1v) is 22.0. The third kappa shape index (κ3) is 36.4. The van der Waals surface area contributed by atoms with Gasteiger partial charge >= 0.3 is 25.7 Å². The van der Waals surface area contributed by atoms with Crippen molar-refractivity contribution in [1.82, 2.24) is 0 Å². The number of phosphoric ester groups is 1. The summed E-state index contributed by atoms with van der Waals surface area (Å²) in [6, 6.07) is -1.52. The average Bonchev–Trinajstić information content (AvgIpc) is 3.13. The molecular weight excluding hydrogens is 697 g/mol. The van der Waals surface area contributed by atoms with Crippen LogP contribution in [-0.4, -0.2) is 59.9 Å². The van der Waals surface area contributed by atoms with Crippen molar-refractivity contribution in [2.45, 2.75) is 187 Å². The van der Waals surface area contributed by atoms with Gasteiger partial charge in [0.05, 0.1) is 13.2 Å². The Morgan fingerprint density at radius 1 is 0.585 bits per heavy atom. The third-order valence-corrected chi connectivity index (χ3v) is 9.56. The Hall–Kier alpha value is -2.30. The maximum absolute atomic E-state index is 12.6. The summed E-state index contributed by atoms with van der Waals surface area (Å²) in [5, 5.41) is 8.87. The predicted molar refractivity (Wildman–Crippen MR) is 212 cm³/mol. The van der Waals surface area contributed by atoms with E-state index in [-0.39, 0.29) is 19.4 Å². The number of phosphoric acid groups is 1. The molecule has 0 aromatic rings. The van der Waals surface area contributed by atoms with Gasteiger partial charge in [0.25, 0.3) is 0 Å². The van der Waals surface area contributed by atoms with Crippen LogP contribution in [0.4, 0.5) is 0 Å². The zero-order valence-corrected chi connectivity index (χ0v) is 34.0. The Bertz CT molecular complexity index is 1050. The molecule has 53 heavy (non-hydrogen) atoms. The molecule has 0 saturated heterocycles. The largest absolute Gasteiger partial charge is 0.480 e. The van der Waals surface area contributed by atoms with Gasteiger partial charge < -0.3 is 25.2 Å². The molecule has 0 aliphatic carbocycles. The molecule has 0 spiro atoms. The van der Waals surface area contributed by atoms with E-state index < -0.39 is 51.1 Å². The Balaban J connectivity index is 4.42. The van der Waals surface area contributed by atoms with Crippen LogP contribution in [0.3, 0.4) is 0 Å². The van der Waals surface area contributed by atoms with E-state index in [1.165, 1.54) is 64.2 Å².